The van der Waals surface area contributed by atoms with Crippen LogP contribution >= 0.6 is 27.5 Å². The number of carbonyl (C=O) groups is 2. The van der Waals surface area contributed by atoms with Gasteiger partial charge in [-0.3, -0.25) is 0 Å². The molecule has 0 aromatic heterocycles. The van der Waals surface area contributed by atoms with Gasteiger partial charge in [-0.05, 0) is 34.1 Å². The molecule has 1 aromatic rings. The highest BCUT2D eigenvalue weighted by Gasteiger charge is 2.39. The number of amides is 2. The Hall–Kier alpha value is -1.31. The first kappa shape index (κ1) is 15.1. The fourth-order valence-corrected chi connectivity index (χ4v) is 2.83. The van der Waals surface area contributed by atoms with Crippen molar-refractivity contribution in [3.63, 3.8) is 0 Å². The van der Waals surface area contributed by atoms with E-state index in [9.17, 15) is 14.7 Å². The number of likely N-dealkylation sites (tertiary alicyclic amines) is 1. The van der Waals surface area contributed by atoms with Crippen molar-refractivity contribution in [3.05, 3.63) is 27.7 Å². The van der Waals surface area contributed by atoms with E-state index in [1.165, 1.54) is 0 Å². The molecule has 1 unspecified atom stereocenters. The number of anilines is 1. The van der Waals surface area contributed by atoms with Gasteiger partial charge < -0.3 is 20.4 Å². The molecule has 2 rings (SSSR count). The average molecular weight is 364 g/mol. The number of aliphatic hydroxyl groups excluding tert-OH is 1. The van der Waals surface area contributed by atoms with Gasteiger partial charge in [0, 0.05) is 22.5 Å². The summed E-state index contributed by atoms with van der Waals surface area (Å²) in [7, 11) is 0. The van der Waals surface area contributed by atoms with E-state index in [0.29, 0.717) is 15.2 Å². The van der Waals surface area contributed by atoms with Crippen molar-refractivity contribution < 1.29 is 19.8 Å². The number of aliphatic hydroxyl groups is 1. The van der Waals surface area contributed by atoms with Crippen molar-refractivity contribution in [2.45, 2.75) is 18.6 Å². The molecule has 1 heterocycles. The predicted octanol–water partition coefficient (Wildman–Crippen LogP) is 2.15. The first-order valence-electron chi connectivity index (χ1n) is 5.82. The molecule has 2 amide bonds. The van der Waals surface area contributed by atoms with Crippen molar-refractivity contribution in [1.82, 2.24) is 4.90 Å². The Kier molecular flexibility index (Phi) is 4.52. The van der Waals surface area contributed by atoms with Gasteiger partial charge >= 0.3 is 12.0 Å². The summed E-state index contributed by atoms with van der Waals surface area (Å²) in [5.41, 5.74) is 0.477. The first-order valence-corrected chi connectivity index (χ1v) is 6.99. The summed E-state index contributed by atoms with van der Waals surface area (Å²) >= 11 is 9.06. The van der Waals surface area contributed by atoms with Crippen LogP contribution in [0.3, 0.4) is 0 Å². The second-order valence-corrected chi connectivity index (χ2v) is 5.74. The number of nitrogens with zero attached hydrogens (tertiary/aromatic N) is 1. The number of benzene rings is 1. The lowest BCUT2D eigenvalue weighted by Crippen LogP contribution is -2.43. The van der Waals surface area contributed by atoms with Crippen LogP contribution in [0.4, 0.5) is 10.5 Å². The van der Waals surface area contributed by atoms with Crippen molar-refractivity contribution in [3.8, 4) is 0 Å². The molecule has 1 fully saturated rings. The quantitative estimate of drug-likeness (QED) is 0.751. The molecule has 108 valence electrons. The van der Waals surface area contributed by atoms with Crippen molar-refractivity contribution in [2.24, 2.45) is 0 Å². The van der Waals surface area contributed by atoms with E-state index in [1.807, 2.05) is 0 Å². The van der Waals surface area contributed by atoms with E-state index in [4.69, 9.17) is 16.7 Å². The summed E-state index contributed by atoms with van der Waals surface area (Å²) in [6, 6.07) is 3.24. The molecule has 0 aliphatic carbocycles. The third kappa shape index (κ3) is 3.23. The van der Waals surface area contributed by atoms with Crippen LogP contribution in [0.15, 0.2) is 22.7 Å². The fourth-order valence-electron chi connectivity index (χ4n) is 2.05. The Labute approximate surface area is 128 Å². The molecule has 20 heavy (non-hydrogen) atoms. The number of aliphatic carboxylic acids is 1. The number of carboxylic acids is 1. The van der Waals surface area contributed by atoms with Crippen LogP contribution in [0.25, 0.3) is 0 Å². The Morgan fingerprint density at radius 3 is 2.75 bits per heavy atom. The number of nitrogens with one attached hydrogen (secondary N) is 1. The molecule has 8 heteroatoms. The van der Waals surface area contributed by atoms with Gasteiger partial charge in [0.1, 0.15) is 6.04 Å². The van der Waals surface area contributed by atoms with Crippen molar-refractivity contribution >= 4 is 45.2 Å². The third-order valence-electron chi connectivity index (χ3n) is 3.00. The molecular formula is C12H12BrClN2O4. The van der Waals surface area contributed by atoms with Crippen LogP contribution in [0.2, 0.25) is 5.02 Å². The van der Waals surface area contributed by atoms with Gasteiger partial charge in [-0.25, -0.2) is 9.59 Å². The Morgan fingerprint density at radius 2 is 2.15 bits per heavy atom. The van der Waals surface area contributed by atoms with Crippen LogP contribution < -0.4 is 5.32 Å². The molecule has 3 N–H and O–H groups in total. The SMILES string of the molecule is O=C(O)[C@@H]1CC(O)CN1C(=O)Nc1ccc(Cl)cc1Br. The number of halogens is 2. The average Bonchev–Trinajstić information content (AvgIpc) is 2.75. The Morgan fingerprint density at radius 1 is 1.45 bits per heavy atom. The second kappa shape index (κ2) is 5.99. The van der Waals surface area contributed by atoms with Gasteiger partial charge in [-0.1, -0.05) is 11.6 Å². The van der Waals surface area contributed by atoms with Crippen LogP contribution in [-0.2, 0) is 4.79 Å². The number of carbonyl (C=O) groups excluding carboxylic acids is 1. The maximum absolute atomic E-state index is 12.1. The van der Waals surface area contributed by atoms with Crippen molar-refractivity contribution in [1.29, 1.82) is 0 Å². The third-order valence-corrected chi connectivity index (χ3v) is 3.89. The summed E-state index contributed by atoms with van der Waals surface area (Å²) in [5.74, 6) is -1.13. The summed E-state index contributed by atoms with van der Waals surface area (Å²) in [6.07, 6.45) is -0.791. The summed E-state index contributed by atoms with van der Waals surface area (Å²) in [5, 5.41) is 21.7. The lowest BCUT2D eigenvalue weighted by Gasteiger charge is -2.22. The standard InChI is InChI=1S/C12H12BrClN2O4/c13-8-3-6(14)1-2-9(8)15-12(20)16-5-7(17)4-10(16)11(18)19/h1-3,7,10,17H,4-5H2,(H,15,20)(H,18,19)/t7?,10-/m0/s1. The minimum atomic E-state index is -1.13. The molecule has 1 aromatic carbocycles. The van der Waals surface area contributed by atoms with Gasteiger partial charge in [-0.15, -0.1) is 0 Å². The number of β-amino-alcohol motifs (C(OH)–C–C–N with tert-alkyl or cyclic N) is 1. The van der Waals surface area contributed by atoms with Crippen LogP contribution in [0, 0.1) is 0 Å². The number of urea groups is 1. The number of hydrogen-bond donors (Lipinski definition) is 3. The van der Waals surface area contributed by atoms with E-state index in [-0.39, 0.29) is 13.0 Å². The highest BCUT2D eigenvalue weighted by atomic mass is 79.9. The van der Waals surface area contributed by atoms with Crippen LogP contribution in [-0.4, -0.2) is 45.8 Å². The fraction of sp³-hybridized carbons (Fsp3) is 0.333. The molecule has 1 aliphatic heterocycles. The summed E-state index contributed by atoms with van der Waals surface area (Å²) in [6.45, 7) is -0.00594. The largest absolute Gasteiger partial charge is 0.480 e. The van der Waals surface area contributed by atoms with Gasteiger partial charge in [-0.2, -0.15) is 0 Å². The molecule has 0 bridgehead atoms. The molecule has 0 spiro atoms. The van der Waals surface area contributed by atoms with E-state index >= 15 is 0 Å². The predicted molar refractivity (Wildman–Crippen MR) is 76.9 cm³/mol. The van der Waals surface area contributed by atoms with Crippen molar-refractivity contribution in [2.75, 3.05) is 11.9 Å². The van der Waals surface area contributed by atoms with Gasteiger partial charge in [0.25, 0.3) is 0 Å². The smallest absolute Gasteiger partial charge is 0.326 e. The zero-order valence-electron chi connectivity index (χ0n) is 10.2. The highest BCUT2D eigenvalue weighted by molar-refractivity contribution is 9.10. The summed E-state index contributed by atoms with van der Waals surface area (Å²) in [4.78, 5) is 24.3. The lowest BCUT2D eigenvalue weighted by molar-refractivity contribution is -0.141. The molecule has 2 atom stereocenters. The van der Waals surface area contributed by atoms with Crippen LogP contribution in [0.1, 0.15) is 6.42 Å². The molecular weight excluding hydrogens is 351 g/mol. The topological polar surface area (TPSA) is 89.9 Å². The minimum Gasteiger partial charge on any atom is -0.480 e. The number of rotatable bonds is 2. The van der Waals surface area contributed by atoms with E-state index < -0.39 is 24.1 Å². The zero-order valence-corrected chi connectivity index (χ0v) is 12.6. The van der Waals surface area contributed by atoms with E-state index in [0.717, 1.165) is 4.90 Å². The normalized spacial score (nSPS) is 21.9. The second-order valence-electron chi connectivity index (χ2n) is 4.45. The van der Waals surface area contributed by atoms with Gasteiger partial charge in [0.05, 0.1) is 11.8 Å². The molecule has 1 saturated heterocycles. The van der Waals surface area contributed by atoms with Gasteiger partial charge in [0.2, 0.25) is 0 Å². The Balaban J connectivity index is 2.13. The Bertz CT molecular complexity index is 554. The molecule has 6 nitrogen and oxygen atoms in total. The summed E-state index contributed by atoms with van der Waals surface area (Å²) < 4.78 is 0.588. The molecule has 1 aliphatic rings. The van der Waals surface area contributed by atoms with E-state index in [2.05, 4.69) is 21.2 Å². The van der Waals surface area contributed by atoms with Gasteiger partial charge in [0.15, 0.2) is 0 Å². The number of hydrogen-bond acceptors (Lipinski definition) is 3. The maximum Gasteiger partial charge on any atom is 0.326 e. The first-order chi connectivity index (χ1) is 9.38. The number of carboxylic acid groups (broad SMARTS) is 1. The lowest BCUT2D eigenvalue weighted by atomic mass is 10.2. The molecule has 0 radical (unpaired) electrons. The minimum absolute atomic E-state index is 0.00594. The highest BCUT2D eigenvalue weighted by Crippen LogP contribution is 2.27. The molecule has 0 saturated carbocycles. The van der Waals surface area contributed by atoms with E-state index in [1.54, 1.807) is 18.2 Å². The maximum atomic E-state index is 12.1. The zero-order chi connectivity index (χ0) is 14.9. The van der Waals surface area contributed by atoms with Crippen LogP contribution in [0.5, 0.6) is 0 Å². The monoisotopic (exact) mass is 362 g/mol.